The third-order valence-electron chi connectivity index (χ3n) is 24.8. The molecule has 39 nitrogen and oxygen atoms in total. The second kappa shape index (κ2) is 71.7. The molecule has 149 heavy (non-hydrogen) atoms. The minimum Gasteiger partial charge on any atom is -0.445 e. The van der Waals surface area contributed by atoms with Gasteiger partial charge in [-0.15, -0.1) is 0 Å². The Morgan fingerprint density at radius 3 is 0.732 bits per heavy atom. The summed E-state index contributed by atoms with van der Waals surface area (Å²) in [5.74, 6) is -7.77. The number of carbonyl (C=O) groups excluding carboxylic acids is 14. The van der Waals surface area contributed by atoms with Crippen LogP contribution in [0.3, 0.4) is 0 Å². The largest absolute Gasteiger partial charge is 0.445 e. The van der Waals surface area contributed by atoms with E-state index in [1.807, 2.05) is 182 Å². The van der Waals surface area contributed by atoms with Crippen molar-refractivity contribution >= 4 is 83.1 Å². The first-order valence-electron chi connectivity index (χ1n) is 52.0. The lowest BCUT2D eigenvalue weighted by Crippen LogP contribution is -2.59. The van der Waals surface area contributed by atoms with Crippen molar-refractivity contribution < 1.29 is 119 Å². The van der Waals surface area contributed by atoms with Crippen molar-refractivity contribution in [2.45, 2.75) is 217 Å². The van der Waals surface area contributed by atoms with Crippen molar-refractivity contribution in [3.8, 4) is 0 Å². The van der Waals surface area contributed by atoms with Crippen molar-refractivity contribution in [2.75, 3.05) is 159 Å². The van der Waals surface area contributed by atoms with Gasteiger partial charge in [0, 0.05) is 78.8 Å². The number of unbranched alkanes of at least 4 members (excludes halogenated alkanes) is 4. The number of amides is 14. The van der Waals surface area contributed by atoms with Crippen LogP contribution in [0, 0.1) is 11.8 Å². The van der Waals surface area contributed by atoms with Gasteiger partial charge in [-0.25, -0.2) is 9.59 Å². The highest BCUT2D eigenvalue weighted by molar-refractivity contribution is 6.00. The second-order valence-corrected chi connectivity index (χ2v) is 37.2. The monoisotopic (exact) mass is 2070 g/mol. The minimum absolute atomic E-state index is 0.0423. The summed E-state index contributed by atoms with van der Waals surface area (Å²) in [7, 11) is 2.99. The number of benzene rings is 6. The molecule has 2 saturated heterocycles. The fourth-order valence-corrected chi connectivity index (χ4v) is 16.2. The fraction of sp³-hybridized carbons (Fsp3) is 0.545. The SMILES string of the molecule is CC(C)[C@@H]1NC(=O)[C@H](CCCCNC(=O)CCOCCOCCOCCOCCOCCOCCOCCOCCOCCC(=O)NCCCC[C@@H]2NC(=O)[C@H](CCCCNC(=O)OCc3ccccc3)NC(=O)[C@H](Cc3ccccc3)NC(=O)[C@H](Cc3ccccc3)N(C)C(=O)[C@H](C(C)C)NC2=O)NC(=O)[C@H](CCCCNC(=O)OCc2ccccc2)NC(=O)[C@H](Cc2ccccc2)NC(=O)[C@H](Cc2ccccc2)N(C)C1=O. The van der Waals surface area contributed by atoms with Gasteiger partial charge in [0.1, 0.15) is 73.6 Å². The van der Waals surface area contributed by atoms with Gasteiger partial charge in [0.25, 0.3) is 0 Å². The summed E-state index contributed by atoms with van der Waals surface area (Å²) in [4.78, 5) is 200. The molecular weight excluding hydrogens is 1920 g/mol. The molecule has 0 aliphatic carbocycles. The van der Waals surface area contributed by atoms with Gasteiger partial charge < -0.3 is 126 Å². The summed E-state index contributed by atoms with van der Waals surface area (Å²) in [5.41, 5.74) is 4.58. The van der Waals surface area contributed by atoms with Crippen LogP contribution < -0.4 is 63.8 Å². The Kier molecular flexibility index (Phi) is 58.4. The molecule has 816 valence electrons. The minimum atomic E-state index is -1.21. The van der Waals surface area contributed by atoms with Gasteiger partial charge in [-0.05, 0) is 122 Å². The Bertz CT molecular complexity index is 4630. The Morgan fingerprint density at radius 1 is 0.262 bits per heavy atom. The van der Waals surface area contributed by atoms with E-state index in [1.54, 1.807) is 27.7 Å². The highest BCUT2D eigenvalue weighted by Gasteiger charge is 2.42. The normalized spacial score (nSPS) is 18.9. The molecule has 39 heteroatoms. The van der Waals surface area contributed by atoms with E-state index < -0.39 is 144 Å². The molecule has 6 aromatic carbocycles. The zero-order valence-electron chi connectivity index (χ0n) is 87.0. The number of ether oxygens (including phenoxy) is 11. The molecule has 2 fully saturated rings. The molecule has 0 saturated carbocycles. The zero-order valence-corrected chi connectivity index (χ0v) is 87.0. The molecule has 2 aliphatic heterocycles. The van der Waals surface area contributed by atoms with Crippen molar-refractivity contribution in [1.82, 2.24) is 73.6 Å². The Labute approximate surface area is 874 Å². The molecule has 10 atom stereocenters. The average Bonchev–Trinajstić information content (AvgIpc) is 1.80. The predicted molar refractivity (Wildman–Crippen MR) is 556 cm³/mol. The van der Waals surface area contributed by atoms with Gasteiger partial charge in [-0.1, -0.05) is 210 Å². The number of likely N-dealkylation sites (N-methyl/N-ethyl adjacent to an activating group) is 2. The van der Waals surface area contributed by atoms with Crippen LogP contribution in [0.15, 0.2) is 182 Å². The maximum absolute atomic E-state index is 14.7. The fourth-order valence-electron chi connectivity index (χ4n) is 16.2. The summed E-state index contributed by atoms with van der Waals surface area (Å²) in [6, 6.07) is 43.1. The molecule has 0 aromatic heterocycles. The predicted octanol–water partition coefficient (Wildman–Crippen LogP) is 6.52. The zero-order chi connectivity index (χ0) is 107. The van der Waals surface area contributed by atoms with Crippen LogP contribution in [0.2, 0.25) is 0 Å². The number of hydrogen-bond acceptors (Lipinski definition) is 25. The maximum atomic E-state index is 14.7. The molecule has 2 heterocycles. The van der Waals surface area contributed by atoms with Crippen LogP contribution in [-0.4, -0.2) is 312 Å². The third-order valence-corrected chi connectivity index (χ3v) is 24.8. The van der Waals surface area contributed by atoms with Gasteiger partial charge in [-0.3, -0.25) is 57.5 Å². The number of rotatable bonds is 64. The highest BCUT2D eigenvalue weighted by atomic mass is 16.6. The Balaban J connectivity index is 0.641. The maximum Gasteiger partial charge on any atom is 0.407 e. The van der Waals surface area contributed by atoms with Crippen LogP contribution >= 0.6 is 0 Å². The molecular formula is C110H156N14O25. The number of hydrogen-bond donors (Lipinski definition) is 12. The van der Waals surface area contributed by atoms with E-state index in [-0.39, 0.29) is 155 Å². The molecule has 0 spiro atoms. The quantitative estimate of drug-likeness (QED) is 0.0181. The Morgan fingerprint density at radius 2 is 0.477 bits per heavy atom. The van der Waals surface area contributed by atoms with E-state index in [1.165, 1.54) is 23.9 Å². The topological polar surface area (TPSA) is 491 Å². The molecule has 6 aromatic rings. The van der Waals surface area contributed by atoms with E-state index in [9.17, 15) is 67.1 Å². The summed E-state index contributed by atoms with van der Waals surface area (Å²) in [5, 5.41) is 34.4. The third kappa shape index (κ3) is 49.0. The smallest absolute Gasteiger partial charge is 0.407 e. The number of nitrogens with zero attached hydrogens (tertiary/aromatic N) is 2. The van der Waals surface area contributed by atoms with E-state index in [4.69, 9.17) is 52.1 Å². The van der Waals surface area contributed by atoms with Gasteiger partial charge in [0.2, 0.25) is 70.9 Å². The summed E-state index contributed by atoms with van der Waals surface area (Å²) >= 11 is 0. The first-order chi connectivity index (χ1) is 72.3. The first kappa shape index (κ1) is 121. The lowest BCUT2D eigenvalue weighted by atomic mass is 9.98. The molecule has 2 aliphatic rings. The number of carbonyl (C=O) groups is 14. The van der Waals surface area contributed by atoms with Crippen LogP contribution in [0.25, 0.3) is 0 Å². The molecule has 8 rings (SSSR count). The summed E-state index contributed by atoms with van der Waals surface area (Å²) in [6.07, 6.45) is 2.47. The second-order valence-electron chi connectivity index (χ2n) is 37.2. The van der Waals surface area contributed by atoms with E-state index in [2.05, 4.69) is 63.8 Å². The van der Waals surface area contributed by atoms with Crippen molar-refractivity contribution in [3.05, 3.63) is 215 Å². The molecule has 0 radical (unpaired) electrons. The molecule has 0 unspecified atom stereocenters. The van der Waals surface area contributed by atoms with Crippen molar-refractivity contribution in [3.63, 3.8) is 0 Å². The first-order valence-corrected chi connectivity index (χ1v) is 52.0. The van der Waals surface area contributed by atoms with Crippen LogP contribution in [0.1, 0.15) is 151 Å². The lowest BCUT2D eigenvalue weighted by Gasteiger charge is -2.33. The van der Waals surface area contributed by atoms with Gasteiger partial charge in [-0.2, -0.15) is 0 Å². The number of alkyl carbamates (subject to hydrolysis) is 2. The van der Waals surface area contributed by atoms with Crippen molar-refractivity contribution in [2.24, 2.45) is 11.8 Å². The summed E-state index contributed by atoms with van der Waals surface area (Å²) in [6.45, 7) is 13.7. The standard InChI is InChI=1S/C110H156N14O25/c1-79(2)97-107(135)123(5)93(75-83-37-17-9-18-38-83)105(133)119-91(73-81-33-13-7-14-34-81)103(131)117-87(45-27-31-53-113-109(137)148-77-85-41-21-11-22-42-85)99(127)115-89(101(129)121-97)47-25-29-51-111-95(125)49-55-139-57-59-141-61-63-143-65-67-145-69-71-147-72-70-146-68-66-144-64-62-142-60-58-140-56-50-96(126)112-52-30-26-48-90-102(130)122-98(80(3)4)108(136)124(6)94(76-84-39-19-10-20-40-84)106(134)120-92(74-82-35-15-8-16-36-82)104(132)118-88(100(128)116-90)46-28-32-54-114-110(138)149-78-86-43-23-12-24-44-86/h7-24,33-44,79-80,87-94,97-98H,25-32,45-78H2,1-6H3,(H,111,125)(H,112,126)(H,113,137)(H,114,138)(H,115,127)(H,116,128)(H,117,131)(H,118,132)(H,119,133)(H,120,134)(H,121,129)(H,122,130)/t87-,88-,89-,90-,91-,92-,93-,94-,97-,98-/m0/s1. The number of nitrogens with one attached hydrogen (secondary N) is 12. The molecule has 14 amide bonds. The highest BCUT2D eigenvalue weighted by Crippen LogP contribution is 2.21. The molecule has 12 N–H and O–H groups in total. The molecule has 0 bridgehead atoms. The lowest BCUT2D eigenvalue weighted by molar-refractivity contribution is -0.143. The summed E-state index contributed by atoms with van der Waals surface area (Å²) < 4.78 is 61.3. The van der Waals surface area contributed by atoms with Crippen LogP contribution in [-0.2, 0) is 149 Å². The van der Waals surface area contributed by atoms with E-state index >= 15 is 0 Å². The van der Waals surface area contributed by atoms with Crippen LogP contribution in [0.4, 0.5) is 9.59 Å². The Hall–Kier alpha value is -12.9. The van der Waals surface area contributed by atoms with Crippen LogP contribution in [0.5, 0.6) is 0 Å². The average molecular weight is 2070 g/mol. The van der Waals surface area contributed by atoms with Gasteiger partial charge in [0.15, 0.2) is 0 Å². The van der Waals surface area contributed by atoms with E-state index in [0.29, 0.717) is 131 Å². The van der Waals surface area contributed by atoms with Crippen molar-refractivity contribution in [1.29, 1.82) is 0 Å². The van der Waals surface area contributed by atoms with Gasteiger partial charge in [0.05, 0.1) is 119 Å². The van der Waals surface area contributed by atoms with Gasteiger partial charge >= 0.3 is 12.2 Å². The van der Waals surface area contributed by atoms with E-state index in [0.717, 1.165) is 33.4 Å².